The van der Waals surface area contributed by atoms with Crippen molar-refractivity contribution in [2.75, 3.05) is 17.7 Å². The number of rotatable bonds is 8. The lowest BCUT2D eigenvalue weighted by Crippen LogP contribution is -2.34. The number of amides is 1. The molecule has 2 rings (SSSR count). The first-order valence-electron chi connectivity index (χ1n) is 13.8. The Kier molecular flexibility index (Phi) is 28.9. The molecular weight excluding hydrogens is 496 g/mol. The number of carbonyl (C=O) groups excluding carboxylic acids is 1. The minimum atomic E-state index is -1.05. The molecule has 1 heterocycles. The summed E-state index contributed by atoms with van der Waals surface area (Å²) in [4.78, 5) is 27.9. The van der Waals surface area contributed by atoms with E-state index in [1.54, 1.807) is 31.5 Å². The number of pyridine rings is 1. The zero-order valence-corrected chi connectivity index (χ0v) is 26.4. The predicted molar refractivity (Wildman–Crippen MR) is 164 cm³/mol. The fraction of sp³-hybridized carbons (Fsp3) is 0.581. The van der Waals surface area contributed by atoms with Crippen LogP contribution in [0.2, 0.25) is 0 Å². The molecule has 0 fully saturated rings. The number of aliphatic carboxylic acids is 1. The van der Waals surface area contributed by atoms with Crippen molar-refractivity contribution in [1.29, 1.82) is 0 Å². The van der Waals surface area contributed by atoms with Crippen molar-refractivity contribution in [3.63, 3.8) is 0 Å². The molecule has 218 valence electrons. The van der Waals surface area contributed by atoms with E-state index in [-0.39, 0.29) is 12.5 Å². The van der Waals surface area contributed by atoms with Gasteiger partial charge in [-0.15, -0.1) is 0 Å². The molecule has 0 radical (unpaired) electrons. The van der Waals surface area contributed by atoms with Crippen LogP contribution in [-0.2, 0) is 20.4 Å². The molecule has 1 amide bonds. The van der Waals surface area contributed by atoms with Crippen LogP contribution in [0.15, 0.2) is 53.6 Å². The standard InChI is InChI=1S/C10H12N2O3.C8H18.C7H8OS.2C3H8/c1-7-9(4-3-5-11-7)12(8(2)13)6-10(14)15;1-4-6-8(3)7-5-2;1-9(8)7-5-3-2-4-6-7;2*1-3-2/h3-5H,6H2,1-2H3,(H,14,15);8H,4-7H2,1-3H3;2-6H,1H3;2*3H2,1-2H3. The summed E-state index contributed by atoms with van der Waals surface area (Å²) in [5.41, 5.74) is 1.17. The maximum absolute atomic E-state index is 11.3. The van der Waals surface area contributed by atoms with Crippen molar-refractivity contribution in [1.82, 2.24) is 4.98 Å². The maximum Gasteiger partial charge on any atom is 0.323 e. The SMILES string of the molecule is CC(=O)N(CC(=O)O)c1cccnc1C.CCC.CCC.CCCC(C)CCC.CS(=O)c1ccccc1. The van der Waals surface area contributed by atoms with Gasteiger partial charge in [-0.2, -0.15) is 0 Å². The lowest BCUT2D eigenvalue weighted by atomic mass is 10.0. The van der Waals surface area contributed by atoms with Gasteiger partial charge in [0, 0.05) is 35.1 Å². The molecule has 1 aromatic carbocycles. The van der Waals surface area contributed by atoms with Gasteiger partial charge in [0.1, 0.15) is 6.54 Å². The maximum atomic E-state index is 11.3. The van der Waals surface area contributed by atoms with E-state index in [0.717, 1.165) is 10.8 Å². The Morgan fingerprint density at radius 2 is 1.39 bits per heavy atom. The van der Waals surface area contributed by atoms with Crippen LogP contribution in [0.5, 0.6) is 0 Å². The first-order valence-corrected chi connectivity index (χ1v) is 15.3. The molecule has 6 nitrogen and oxygen atoms in total. The fourth-order valence-corrected chi connectivity index (χ4v) is 3.54. The summed E-state index contributed by atoms with van der Waals surface area (Å²) >= 11 is 0. The molecule has 2 aromatic rings. The van der Waals surface area contributed by atoms with Crippen LogP contribution < -0.4 is 4.90 Å². The third-order valence-electron chi connectivity index (χ3n) is 4.58. The smallest absolute Gasteiger partial charge is 0.323 e. The molecule has 38 heavy (non-hydrogen) atoms. The highest BCUT2D eigenvalue weighted by atomic mass is 32.2. The summed E-state index contributed by atoms with van der Waals surface area (Å²) in [6, 6.07) is 12.7. The zero-order valence-electron chi connectivity index (χ0n) is 25.6. The van der Waals surface area contributed by atoms with Gasteiger partial charge >= 0.3 is 5.97 Å². The van der Waals surface area contributed by atoms with E-state index < -0.39 is 16.8 Å². The van der Waals surface area contributed by atoms with Crippen LogP contribution in [-0.4, -0.2) is 39.0 Å². The summed E-state index contributed by atoms with van der Waals surface area (Å²) in [5.74, 6) is -0.396. The lowest BCUT2D eigenvalue weighted by molar-refractivity contribution is -0.136. The predicted octanol–water partition coefficient (Wildman–Crippen LogP) is 8.31. The Hall–Kier alpha value is -2.54. The van der Waals surface area contributed by atoms with Gasteiger partial charge in [0.15, 0.2) is 0 Å². The summed E-state index contributed by atoms with van der Waals surface area (Å²) in [6.45, 7) is 18.1. The van der Waals surface area contributed by atoms with Crippen LogP contribution in [0, 0.1) is 12.8 Å². The van der Waals surface area contributed by atoms with Crippen molar-refractivity contribution in [3.8, 4) is 0 Å². The first kappa shape index (κ1) is 40.0. The number of aromatic nitrogens is 1. The third kappa shape index (κ3) is 23.8. The summed E-state index contributed by atoms with van der Waals surface area (Å²) in [6.07, 6.45) is 11.3. The Morgan fingerprint density at radius 3 is 1.71 bits per heavy atom. The Morgan fingerprint density at radius 1 is 0.921 bits per heavy atom. The molecule has 0 spiro atoms. The highest BCUT2D eigenvalue weighted by Gasteiger charge is 2.16. The Bertz CT molecular complexity index is 852. The number of hydrogen-bond donors (Lipinski definition) is 1. The summed E-state index contributed by atoms with van der Waals surface area (Å²) in [5, 5.41) is 8.67. The van der Waals surface area contributed by atoms with Gasteiger partial charge in [-0.25, -0.2) is 0 Å². The number of hydrogen-bond acceptors (Lipinski definition) is 4. The Balaban J connectivity index is -0.000000459. The second kappa shape index (κ2) is 27.5. The van der Waals surface area contributed by atoms with Gasteiger partial charge in [0.25, 0.3) is 0 Å². The summed E-state index contributed by atoms with van der Waals surface area (Å²) in [7, 11) is -0.829. The number of carboxylic acid groups (broad SMARTS) is 1. The fourth-order valence-electron chi connectivity index (χ4n) is 3.00. The van der Waals surface area contributed by atoms with Gasteiger partial charge in [-0.3, -0.25) is 23.7 Å². The second-order valence-electron chi connectivity index (χ2n) is 8.97. The zero-order chi connectivity index (χ0) is 29.9. The minimum absolute atomic E-state index is 0.312. The van der Waals surface area contributed by atoms with E-state index in [1.807, 2.05) is 30.3 Å². The molecule has 0 aliphatic heterocycles. The molecule has 1 aromatic heterocycles. The van der Waals surface area contributed by atoms with Crippen LogP contribution in [0.1, 0.15) is 99.6 Å². The molecule has 1 N–H and O–H groups in total. The number of nitrogens with zero attached hydrogens (tertiary/aromatic N) is 2. The average molecular weight is 551 g/mol. The molecule has 0 saturated heterocycles. The van der Waals surface area contributed by atoms with Crippen molar-refractivity contribution in [2.45, 2.75) is 106 Å². The van der Waals surface area contributed by atoms with Crippen LogP contribution >= 0.6 is 0 Å². The van der Waals surface area contributed by atoms with Gasteiger partial charge in [0.2, 0.25) is 5.91 Å². The topological polar surface area (TPSA) is 87.6 Å². The Labute approximate surface area is 235 Å². The molecular formula is C31H54N2O4S. The lowest BCUT2D eigenvalue weighted by Gasteiger charge is -2.20. The average Bonchev–Trinajstić information content (AvgIpc) is 2.85. The van der Waals surface area contributed by atoms with E-state index >= 15 is 0 Å². The van der Waals surface area contributed by atoms with Crippen LogP contribution in [0.3, 0.4) is 0 Å². The van der Waals surface area contributed by atoms with E-state index in [4.69, 9.17) is 5.11 Å². The molecule has 1 unspecified atom stereocenters. The quantitative estimate of drug-likeness (QED) is 0.357. The van der Waals surface area contributed by atoms with E-state index in [9.17, 15) is 13.8 Å². The van der Waals surface area contributed by atoms with E-state index in [0.29, 0.717) is 11.4 Å². The normalized spacial score (nSPS) is 10.1. The number of carbonyl (C=O) groups is 2. The molecule has 1 atom stereocenters. The molecule has 7 heteroatoms. The molecule has 0 saturated carbocycles. The summed E-state index contributed by atoms with van der Waals surface area (Å²) < 4.78 is 10.8. The first-order chi connectivity index (χ1) is 18.0. The van der Waals surface area contributed by atoms with Crippen molar-refractivity contribution in [3.05, 3.63) is 54.4 Å². The molecule has 0 bridgehead atoms. The van der Waals surface area contributed by atoms with E-state index in [2.05, 4.69) is 53.5 Å². The van der Waals surface area contributed by atoms with Crippen molar-refractivity contribution >= 4 is 28.4 Å². The van der Waals surface area contributed by atoms with Crippen LogP contribution in [0.25, 0.3) is 0 Å². The van der Waals surface area contributed by atoms with Gasteiger partial charge in [-0.05, 0) is 37.1 Å². The van der Waals surface area contributed by atoms with Crippen LogP contribution in [0.4, 0.5) is 5.69 Å². The number of aryl methyl sites for hydroxylation is 1. The van der Waals surface area contributed by atoms with Crippen molar-refractivity contribution in [2.24, 2.45) is 5.92 Å². The molecule has 0 aliphatic carbocycles. The monoisotopic (exact) mass is 550 g/mol. The van der Waals surface area contributed by atoms with Gasteiger partial charge in [0.05, 0.1) is 11.4 Å². The molecule has 0 aliphatic rings. The van der Waals surface area contributed by atoms with E-state index in [1.165, 1.54) is 50.3 Å². The number of anilines is 1. The number of carboxylic acids is 1. The van der Waals surface area contributed by atoms with Crippen molar-refractivity contribution < 1.29 is 18.9 Å². The highest BCUT2D eigenvalue weighted by molar-refractivity contribution is 7.84. The largest absolute Gasteiger partial charge is 0.480 e. The highest BCUT2D eigenvalue weighted by Crippen LogP contribution is 2.17. The van der Waals surface area contributed by atoms with Gasteiger partial charge in [-0.1, -0.05) is 105 Å². The second-order valence-corrected chi connectivity index (χ2v) is 10.4. The third-order valence-corrected chi connectivity index (χ3v) is 5.52. The number of benzene rings is 1. The van der Waals surface area contributed by atoms with Gasteiger partial charge < -0.3 is 5.11 Å². The minimum Gasteiger partial charge on any atom is -0.480 e.